The van der Waals surface area contributed by atoms with Gasteiger partial charge in [-0.25, -0.2) is 0 Å². The molecule has 1 aliphatic rings. The van der Waals surface area contributed by atoms with E-state index in [-0.39, 0.29) is 11.8 Å². The van der Waals surface area contributed by atoms with E-state index in [9.17, 15) is 9.59 Å². The monoisotopic (exact) mass is 233 g/mol. The third-order valence-corrected chi connectivity index (χ3v) is 3.38. The largest absolute Gasteiger partial charge is 0.481 e. The van der Waals surface area contributed by atoms with Gasteiger partial charge in [0.15, 0.2) is 0 Å². The van der Waals surface area contributed by atoms with Crippen LogP contribution in [-0.4, -0.2) is 24.0 Å². The number of rotatable bonds is 3. The minimum Gasteiger partial charge on any atom is -0.481 e. The van der Waals surface area contributed by atoms with Crippen LogP contribution in [0, 0.1) is 11.8 Å². The molecule has 2 atom stereocenters. The van der Waals surface area contributed by atoms with E-state index < -0.39 is 11.9 Å². The van der Waals surface area contributed by atoms with Crippen LogP contribution in [0.3, 0.4) is 0 Å². The Morgan fingerprint density at radius 1 is 1.18 bits per heavy atom. The van der Waals surface area contributed by atoms with Crippen LogP contribution in [-0.2, 0) is 9.59 Å². The van der Waals surface area contributed by atoms with Gasteiger partial charge in [0.2, 0.25) is 5.91 Å². The topological polar surface area (TPSA) is 57.6 Å². The van der Waals surface area contributed by atoms with Crippen molar-refractivity contribution in [3.8, 4) is 0 Å². The molecule has 0 saturated heterocycles. The minimum atomic E-state index is -0.865. The third-order valence-electron chi connectivity index (χ3n) is 3.38. The molecule has 1 aromatic carbocycles. The van der Waals surface area contributed by atoms with E-state index >= 15 is 0 Å². The molecule has 0 aliphatic heterocycles. The van der Waals surface area contributed by atoms with E-state index in [1.807, 2.05) is 30.3 Å². The maximum Gasteiger partial charge on any atom is 0.307 e. The summed E-state index contributed by atoms with van der Waals surface area (Å²) in [6, 6.07) is 9.27. The van der Waals surface area contributed by atoms with E-state index in [4.69, 9.17) is 5.11 Å². The van der Waals surface area contributed by atoms with Gasteiger partial charge in [-0.1, -0.05) is 18.2 Å². The quantitative estimate of drug-likeness (QED) is 0.865. The fraction of sp³-hybridized carbons (Fsp3) is 0.385. The average molecular weight is 233 g/mol. The van der Waals surface area contributed by atoms with Crippen molar-refractivity contribution in [2.75, 3.05) is 11.9 Å². The molecule has 0 spiro atoms. The number of para-hydroxylation sites is 1. The van der Waals surface area contributed by atoms with Crippen LogP contribution in [0.5, 0.6) is 0 Å². The number of nitrogens with zero attached hydrogens (tertiary/aromatic N) is 1. The summed E-state index contributed by atoms with van der Waals surface area (Å²) in [7, 11) is 1.69. The van der Waals surface area contributed by atoms with Gasteiger partial charge in [0.25, 0.3) is 0 Å². The summed E-state index contributed by atoms with van der Waals surface area (Å²) in [5, 5.41) is 8.93. The van der Waals surface area contributed by atoms with E-state index in [0.29, 0.717) is 12.8 Å². The van der Waals surface area contributed by atoms with Crippen LogP contribution < -0.4 is 4.90 Å². The van der Waals surface area contributed by atoms with Gasteiger partial charge in [0.1, 0.15) is 0 Å². The Hall–Kier alpha value is -1.84. The minimum absolute atomic E-state index is 0.102. The van der Waals surface area contributed by atoms with Crippen LogP contribution in [0.25, 0.3) is 0 Å². The Morgan fingerprint density at radius 3 is 2.24 bits per heavy atom. The van der Waals surface area contributed by atoms with Gasteiger partial charge in [0.05, 0.1) is 11.8 Å². The third kappa shape index (κ3) is 2.16. The van der Waals surface area contributed by atoms with Gasteiger partial charge in [-0.05, 0) is 25.0 Å². The first kappa shape index (κ1) is 11.6. The normalized spacial score (nSPS) is 22.6. The zero-order valence-electron chi connectivity index (χ0n) is 9.67. The number of benzene rings is 1. The molecule has 0 aromatic heterocycles. The summed E-state index contributed by atoms with van der Waals surface area (Å²) in [6.07, 6.45) is 1.28. The van der Waals surface area contributed by atoms with Crippen LogP contribution in [0.15, 0.2) is 30.3 Å². The van der Waals surface area contributed by atoms with Gasteiger partial charge in [0, 0.05) is 12.7 Å². The van der Waals surface area contributed by atoms with Crippen LogP contribution in [0.4, 0.5) is 5.69 Å². The first-order valence-corrected chi connectivity index (χ1v) is 5.66. The van der Waals surface area contributed by atoms with Crippen molar-refractivity contribution in [1.29, 1.82) is 0 Å². The highest BCUT2D eigenvalue weighted by atomic mass is 16.4. The van der Waals surface area contributed by atoms with Crippen molar-refractivity contribution in [3.05, 3.63) is 30.3 Å². The Bertz CT molecular complexity index is 430. The lowest BCUT2D eigenvalue weighted by Gasteiger charge is -2.34. The highest BCUT2D eigenvalue weighted by Crippen LogP contribution is 2.36. The van der Waals surface area contributed by atoms with Crippen molar-refractivity contribution < 1.29 is 14.7 Å². The maximum atomic E-state index is 12.1. The van der Waals surface area contributed by atoms with Gasteiger partial charge in [-0.3, -0.25) is 9.59 Å². The Morgan fingerprint density at radius 2 is 1.76 bits per heavy atom. The Labute approximate surface area is 99.9 Å². The zero-order chi connectivity index (χ0) is 12.4. The summed E-state index contributed by atoms with van der Waals surface area (Å²) in [4.78, 5) is 24.5. The van der Waals surface area contributed by atoms with E-state index in [1.54, 1.807) is 11.9 Å². The first-order chi connectivity index (χ1) is 8.11. The van der Waals surface area contributed by atoms with Gasteiger partial charge in [-0.15, -0.1) is 0 Å². The van der Waals surface area contributed by atoms with Crippen molar-refractivity contribution in [2.24, 2.45) is 11.8 Å². The maximum absolute atomic E-state index is 12.1. The van der Waals surface area contributed by atoms with E-state index in [1.165, 1.54) is 0 Å². The lowest BCUT2D eigenvalue weighted by molar-refractivity contribution is -0.151. The molecule has 1 N–H and O–H groups in total. The molecule has 1 amide bonds. The molecule has 2 rings (SSSR count). The smallest absolute Gasteiger partial charge is 0.307 e. The van der Waals surface area contributed by atoms with Gasteiger partial charge < -0.3 is 10.0 Å². The van der Waals surface area contributed by atoms with Crippen molar-refractivity contribution in [1.82, 2.24) is 0 Å². The summed E-state index contributed by atoms with van der Waals surface area (Å²) < 4.78 is 0. The fourth-order valence-electron chi connectivity index (χ4n) is 2.12. The molecule has 4 heteroatoms. The fourth-order valence-corrected chi connectivity index (χ4v) is 2.12. The standard InChI is InChI=1S/C13H15NO3/c1-14(9-5-3-2-4-6-9)12(15)10-7-8-11(10)13(16)17/h2-6,10-11H,7-8H2,1H3,(H,16,17). The lowest BCUT2D eigenvalue weighted by Crippen LogP contribution is -2.44. The van der Waals surface area contributed by atoms with Crippen LogP contribution in [0.2, 0.25) is 0 Å². The van der Waals surface area contributed by atoms with Crippen molar-refractivity contribution in [3.63, 3.8) is 0 Å². The number of amides is 1. The predicted molar refractivity (Wildman–Crippen MR) is 63.7 cm³/mol. The van der Waals surface area contributed by atoms with E-state index in [0.717, 1.165) is 5.69 Å². The second kappa shape index (κ2) is 4.57. The Kier molecular flexibility index (Phi) is 3.13. The molecular weight excluding hydrogens is 218 g/mol. The first-order valence-electron chi connectivity index (χ1n) is 5.66. The molecule has 0 heterocycles. The second-order valence-electron chi connectivity index (χ2n) is 4.36. The van der Waals surface area contributed by atoms with Gasteiger partial charge >= 0.3 is 5.97 Å². The summed E-state index contributed by atoms with van der Waals surface area (Å²) >= 11 is 0. The molecule has 90 valence electrons. The number of hydrogen-bond donors (Lipinski definition) is 1. The molecule has 1 saturated carbocycles. The summed E-state index contributed by atoms with van der Waals surface area (Å²) in [6.45, 7) is 0. The number of carboxylic acid groups (broad SMARTS) is 1. The molecule has 1 aliphatic carbocycles. The van der Waals surface area contributed by atoms with E-state index in [2.05, 4.69) is 0 Å². The number of carboxylic acids is 1. The number of hydrogen-bond acceptors (Lipinski definition) is 2. The molecule has 0 radical (unpaired) electrons. The van der Waals surface area contributed by atoms with Crippen molar-refractivity contribution >= 4 is 17.6 Å². The number of carbonyl (C=O) groups is 2. The van der Waals surface area contributed by atoms with Gasteiger partial charge in [-0.2, -0.15) is 0 Å². The summed E-state index contributed by atoms with van der Waals surface area (Å²) in [5.41, 5.74) is 0.800. The number of aliphatic carboxylic acids is 1. The highest BCUT2D eigenvalue weighted by molar-refractivity contribution is 5.97. The molecule has 0 bridgehead atoms. The molecule has 17 heavy (non-hydrogen) atoms. The molecule has 1 aromatic rings. The zero-order valence-corrected chi connectivity index (χ0v) is 9.67. The molecule has 2 unspecified atom stereocenters. The molecule has 4 nitrogen and oxygen atoms in total. The number of anilines is 1. The molecule has 1 fully saturated rings. The predicted octanol–water partition coefficient (Wildman–Crippen LogP) is 1.76. The van der Waals surface area contributed by atoms with Crippen LogP contribution in [0.1, 0.15) is 12.8 Å². The van der Waals surface area contributed by atoms with Crippen molar-refractivity contribution in [2.45, 2.75) is 12.8 Å². The number of carbonyl (C=O) groups excluding carboxylic acids is 1. The average Bonchev–Trinajstić information content (AvgIpc) is 2.27. The van der Waals surface area contributed by atoms with Crippen LogP contribution >= 0.6 is 0 Å². The molecular formula is C13H15NO3. The SMILES string of the molecule is CN(C(=O)C1CCC1C(=O)O)c1ccccc1. The Balaban J connectivity index is 2.08. The summed E-state index contributed by atoms with van der Waals surface area (Å²) in [5.74, 6) is -1.84. The lowest BCUT2D eigenvalue weighted by atomic mass is 9.73. The highest BCUT2D eigenvalue weighted by Gasteiger charge is 2.42. The second-order valence-corrected chi connectivity index (χ2v) is 4.36.